The SMILES string of the molecule is CCc1nc(C)c(C(=O)NCCSSCCC(=O)O)c(C)n1.O=C(O)C(F)(F)F. The third-order valence-electron chi connectivity index (χ3n) is 3.06. The van der Waals surface area contributed by atoms with Crippen molar-refractivity contribution in [2.45, 2.75) is 39.8 Å². The van der Waals surface area contributed by atoms with Gasteiger partial charge in [-0.25, -0.2) is 14.8 Å². The molecule has 0 aliphatic carbocycles. The van der Waals surface area contributed by atoms with E-state index >= 15 is 0 Å². The molecule has 0 saturated heterocycles. The van der Waals surface area contributed by atoms with Crippen molar-refractivity contribution in [1.29, 1.82) is 0 Å². The Bertz CT molecular complexity index is 695. The Kier molecular flexibility index (Phi) is 12.3. The van der Waals surface area contributed by atoms with Gasteiger partial charge in [0, 0.05) is 24.5 Å². The lowest BCUT2D eigenvalue weighted by molar-refractivity contribution is -0.192. The minimum atomic E-state index is -5.08. The van der Waals surface area contributed by atoms with Crippen molar-refractivity contribution in [3.8, 4) is 0 Å². The number of carbonyl (C=O) groups excluding carboxylic acids is 1. The van der Waals surface area contributed by atoms with Crippen LogP contribution in [0.25, 0.3) is 0 Å². The number of aromatic nitrogens is 2. The Balaban J connectivity index is 0.000000956. The smallest absolute Gasteiger partial charge is 0.481 e. The Morgan fingerprint density at radius 2 is 1.52 bits per heavy atom. The van der Waals surface area contributed by atoms with E-state index in [1.165, 1.54) is 10.8 Å². The highest BCUT2D eigenvalue weighted by Crippen LogP contribution is 2.21. The van der Waals surface area contributed by atoms with Crippen LogP contribution in [0, 0.1) is 13.8 Å². The van der Waals surface area contributed by atoms with Gasteiger partial charge in [-0.1, -0.05) is 28.5 Å². The van der Waals surface area contributed by atoms with Gasteiger partial charge in [0.15, 0.2) is 0 Å². The van der Waals surface area contributed by atoms with Gasteiger partial charge < -0.3 is 15.5 Å². The van der Waals surface area contributed by atoms with Crippen molar-refractivity contribution in [1.82, 2.24) is 15.3 Å². The molecule has 13 heteroatoms. The fourth-order valence-corrected chi connectivity index (χ4v) is 3.70. The number of nitrogens with zero attached hydrogens (tertiary/aromatic N) is 2. The predicted molar refractivity (Wildman–Crippen MR) is 104 cm³/mol. The molecule has 1 amide bonds. The molecule has 0 aliphatic heterocycles. The summed E-state index contributed by atoms with van der Waals surface area (Å²) in [6, 6.07) is 0. The van der Waals surface area contributed by atoms with E-state index in [-0.39, 0.29) is 12.3 Å². The standard InChI is InChI=1S/C14H21N3O3S2.C2HF3O2/c1-4-11-16-9(2)13(10(3)17-11)14(20)15-6-8-22-21-7-5-12(18)19;3-2(4,5)1(6)7/h4-8H2,1-3H3,(H,15,20)(H,18,19);(H,6,7). The zero-order valence-corrected chi connectivity index (χ0v) is 17.6. The van der Waals surface area contributed by atoms with E-state index in [0.29, 0.717) is 29.2 Å². The molecule has 0 bridgehead atoms. The van der Waals surface area contributed by atoms with Crippen molar-refractivity contribution in [3.05, 3.63) is 22.8 Å². The largest absolute Gasteiger partial charge is 0.490 e. The fraction of sp³-hybridized carbons (Fsp3) is 0.562. The number of hydrogen-bond donors (Lipinski definition) is 3. The van der Waals surface area contributed by atoms with Gasteiger partial charge in [0.1, 0.15) is 5.82 Å². The molecule has 164 valence electrons. The quantitative estimate of drug-likeness (QED) is 0.378. The molecule has 1 aromatic rings. The van der Waals surface area contributed by atoms with Crippen LogP contribution in [0.3, 0.4) is 0 Å². The van der Waals surface area contributed by atoms with Gasteiger partial charge in [0.25, 0.3) is 5.91 Å². The molecule has 0 unspecified atom stereocenters. The summed E-state index contributed by atoms with van der Waals surface area (Å²) in [6.07, 6.45) is -4.18. The first-order chi connectivity index (χ1) is 13.4. The molecule has 1 rings (SSSR count). The van der Waals surface area contributed by atoms with Crippen LogP contribution in [-0.2, 0) is 16.0 Å². The molecule has 0 radical (unpaired) electrons. The van der Waals surface area contributed by atoms with Crippen LogP contribution < -0.4 is 5.32 Å². The summed E-state index contributed by atoms with van der Waals surface area (Å²) < 4.78 is 31.7. The minimum Gasteiger partial charge on any atom is -0.481 e. The summed E-state index contributed by atoms with van der Waals surface area (Å²) in [7, 11) is 3.05. The predicted octanol–water partition coefficient (Wildman–Crippen LogP) is 2.88. The van der Waals surface area contributed by atoms with Gasteiger partial charge in [-0.2, -0.15) is 13.2 Å². The average Bonchev–Trinajstić information content (AvgIpc) is 2.59. The van der Waals surface area contributed by atoms with Gasteiger partial charge in [-0.15, -0.1) is 0 Å². The van der Waals surface area contributed by atoms with E-state index in [1.54, 1.807) is 10.8 Å². The Morgan fingerprint density at radius 1 is 1.03 bits per heavy atom. The van der Waals surface area contributed by atoms with E-state index in [1.807, 2.05) is 20.8 Å². The van der Waals surface area contributed by atoms with Crippen LogP contribution in [0.5, 0.6) is 0 Å². The molecule has 0 aromatic carbocycles. The van der Waals surface area contributed by atoms with E-state index < -0.39 is 18.1 Å². The van der Waals surface area contributed by atoms with Crippen molar-refractivity contribution in [2.75, 3.05) is 18.1 Å². The Hall–Kier alpha value is -2.02. The first-order valence-electron chi connectivity index (χ1n) is 8.28. The van der Waals surface area contributed by atoms with Crippen LogP contribution >= 0.6 is 21.6 Å². The maximum absolute atomic E-state index is 12.2. The number of aryl methyl sites for hydroxylation is 3. The summed E-state index contributed by atoms with van der Waals surface area (Å²) in [5.74, 6) is -1.67. The summed E-state index contributed by atoms with van der Waals surface area (Å²) in [5, 5.41) is 18.5. The number of carboxylic acid groups (broad SMARTS) is 2. The Labute approximate surface area is 173 Å². The summed E-state index contributed by atoms with van der Waals surface area (Å²) in [4.78, 5) is 40.1. The minimum absolute atomic E-state index is 0.156. The lowest BCUT2D eigenvalue weighted by Crippen LogP contribution is -2.28. The number of hydrogen-bond acceptors (Lipinski definition) is 7. The number of halogens is 3. The molecule has 1 aromatic heterocycles. The molecule has 0 saturated carbocycles. The number of carbonyl (C=O) groups is 3. The molecular formula is C16H22F3N3O5S2. The first kappa shape index (κ1) is 27.0. The van der Waals surface area contributed by atoms with E-state index in [2.05, 4.69) is 15.3 Å². The molecule has 0 atom stereocenters. The summed E-state index contributed by atoms with van der Waals surface area (Å²) in [6.45, 7) is 6.14. The topological polar surface area (TPSA) is 129 Å². The van der Waals surface area contributed by atoms with Crippen molar-refractivity contribution in [3.63, 3.8) is 0 Å². The van der Waals surface area contributed by atoms with Crippen LogP contribution in [0.1, 0.15) is 40.9 Å². The highest BCUT2D eigenvalue weighted by atomic mass is 33.1. The van der Waals surface area contributed by atoms with Crippen LogP contribution in [0.15, 0.2) is 0 Å². The van der Waals surface area contributed by atoms with E-state index in [4.69, 9.17) is 15.0 Å². The molecule has 0 fully saturated rings. The monoisotopic (exact) mass is 457 g/mol. The number of carboxylic acids is 2. The van der Waals surface area contributed by atoms with Crippen LogP contribution in [-0.4, -0.2) is 62.3 Å². The Morgan fingerprint density at radius 3 is 1.93 bits per heavy atom. The van der Waals surface area contributed by atoms with Crippen LogP contribution in [0.4, 0.5) is 13.2 Å². The number of nitrogens with one attached hydrogen (secondary N) is 1. The van der Waals surface area contributed by atoms with Crippen LogP contribution in [0.2, 0.25) is 0 Å². The lowest BCUT2D eigenvalue weighted by Gasteiger charge is -2.10. The second-order valence-electron chi connectivity index (χ2n) is 5.39. The van der Waals surface area contributed by atoms with Gasteiger partial charge in [0.2, 0.25) is 0 Å². The second kappa shape index (κ2) is 13.2. The number of rotatable bonds is 9. The highest BCUT2D eigenvalue weighted by Gasteiger charge is 2.38. The normalized spacial score (nSPS) is 10.7. The molecular weight excluding hydrogens is 435 g/mol. The van der Waals surface area contributed by atoms with E-state index in [0.717, 1.165) is 18.0 Å². The molecule has 8 nitrogen and oxygen atoms in total. The molecule has 0 spiro atoms. The third kappa shape index (κ3) is 11.5. The molecule has 29 heavy (non-hydrogen) atoms. The maximum Gasteiger partial charge on any atom is 0.490 e. The number of aliphatic carboxylic acids is 2. The molecule has 3 N–H and O–H groups in total. The van der Waals surface area contributed by atoms with E-state index in [9.17, 15) is 22.8 Å². The third-order valence-corrected chi connectivity index (χ3v) is 5.46. The highest BCUT2D eigenvalue weighted by molar-refractivity contribution is 8.76. The number of alkyl halides is 3. The maximum atomic E-state index is 12.2. The van der Waals surface area contributed by atoms with Crippen molar-refractivity contribution >= 4 is 39.4 Å². The zero-order valence-electron chi connectivity index (χ0n) is 16.0. The summed E-state index contributed by atoms with van der Waals surface area (Å²) >= 11 is 0. The van der Waals surface area contributed by atoms with Crippen molar-refractivity contribution < 1.29 is 37.8 Å². The van der Waals surface area contributed by atoms with Gasteiger partial charge >= 0.3 is 18.1 Å². The lowest BCUT2D eigenvalue weighted by atomic mass is 10.1. The molecule has 0 aliphatic rings. The first-order valence-corrected chi connectivity index (χ1v) is 10.8. The second-order valence-corrected chi connectivity index (χ2v) is 8.09. The fourth-order valence-electron chi connectivity index (χ4n) is 1.81. The number of amides is 1. The van der Waals surface area contributed by atoms with Gasteiger partial charge in [0.05, 0.1) is 23.4 Å². The van der Waals surface area contributed by atoms with Gasteiger partial charge in [-0.05, 0) is 13.8 Å². The van der Waals surface area contributed by atoms with Crippen molar-refractivity contribution in [2.24, 2.45) is 0 Å². The summed E-state index contributed by atoms with van der Waals surface area (Å²) in [5.41, 5.74) is 1.94. The molecule has 1 heterocycles. The zero-order chi connectivity index (χ0) is 22.6. The average molecular weight is 457 g/mol. The van der Waals surface area contributed by atoms with Gasteiger partial charge in [-0.3, -0.25) is 9.59 Å².